The molecule has 1 aromatic heterocycles. The van der Waals surface area contributed by atoms with Crippen LogP contribution in [-0.4, -0.2) is 29.1 Å². The highest BCUT2D eigenvalue weighted by Gasteiger charge is 2.12. The largest absolute Gasteiger partial charge is 0.487 e. The first-order chi connectivity index (χ1) is 12.7. The molecular formula is C20H20N2O2S2. The Kier molecular flexibility index (Phi) is 6.30. The summed E-state index contributed by atoms with van der Waals surface area (Å²) < 4.78 is 5.68. The highest BCUT2D eigenvalue weighted by molar-refractivity contribution is 7.98. The molecule has 0 unspecified atom stereocenters. The molecule has 6 heteroatoms. The molecule has 0 aliphatic heterocycles. The lowest BCUT2D eigenvalue weighted by Gasteiger charge is -2.18. The van der Waals surface area contributed by atoms with E-state index in [2.05, 4.69) is 35.5 Å². The molecule has 1 amide bonds. The SMILES string of the molecule is CSc1ccc(CN(C)C(=O)c2ccc(OCc3cscn3)cc2)cc1. The molecule has 0 aliphatic carbocycles. The molecule has 0 saturated heterocycles. The second kappa shape index (κ2) is 8.87. The molecule has 0 fully saturated rings. The zero-order valence-electron chi connectivity index (χ0n) is 14.7. The van der Waals surface area contributed by atoms with Crippen LogP contribution in [0.5, 0.6) is 5.75 Å². The number of thioether (sulfide) groups is 1. The number of carbonyl (C=O) groups excluding carboxylic acids is 1. The normalized spacial score (nSPS) is 10.5. The number of nitrogens with zero attached hydrogens (tertiary/aromatic N) is 2. The first-order valence-electron chi connectivity index (χ1n) is 8.14. The second-order valence-electron chi connectivity index (χ2n) is 5.80. The van der Waals surface area contributed by atoms with Gasteiger partial charge < -0.3 is 9.64 Å². The Morgan fingerprint density at radius 3 is 2.50 bits per heavy atom. The van der Waals surface area contributed by atoms with Crippen LogP contribution < -0.4 is 4.74 Å². The number of carbonyl (C=O) groups is 1. The number of aromatic nitrogens is 1. The number of benzene rings is 2. The van der Waals surface area contributed by atoms with Gasteiger partial charge in [0.05, 0.1) is 11.2 Å². The van der Waals surface area contributed by atoms with Gasteiger partial charge in [0, 0.05) is 29.4 Å². The Labute approximate surface area is 161 Å². The maximum atomic E-state index is 12.6. The number of amides is 1. The van der Waals surface area contributed by atoms with Gasteiger partial charge in [0.25, 0.3) is 5.91 Å². The zero-order valence-corrected chi connectivity index (χ0v) is 16.3. The fourth-order valence-electron chi connectivity index (χ4n) is 2.46. The van der Waals surface area contributed by atoms with E-state index in [1.807, 2.05) is 24.6 Å². The average Bonchev–Trinajstić information content (AvgIpc) is 3.20. The molecule has 2 aromatic carbocycles. The van der Waals surface area contributed by atoms with Gasteiger partial charge in [-0.3, -0.25) is 4.79 Å². The molecule has 0 N–H and O–H groups in total. The Hall–Kier alpha value is -2.31. The third-order valence-corrected chi connectivity index (χ3v) is 5.28. The molecule has 4 nitrogen and oxygen atoms in total. The summed E-state index contributed by atoms with van der Waals surface area (Å²) in [6, 6.07) is 15.5. The zero-order chi connectivity index (χ0) is 18.4. The smallest absolute Gasteiger partial charge is 0.253 e. The topological polar surface area (TPSA) is 42.4 Å². The van der Waals surface area contributed by atoms with Crippen LogP contribution in [0.4, 0.5) is 0 Å². The summed E-state index contributed by atoms with van der Waals surface area (Å²) in [6.07, 6.45) is 2.05. The van der Waals surface area contributed by atoms with Crippen LogP contribution in [0.1, 0.15) is 21.6 Å². The van der Waals surface area contributed by atoms with Crippen molar-refractivity contribution < 1.29 is 9.53 Å². The van der Waals surface area contributed by atoms with Crippen LogP contribution >= 0.6 is 23.1 Å². The van der Waals surface area contributed by atoms with E-state index in [1.165, 1.54) is 4.90 Å². The van der Waals surface area contributed by atoms with E-state index in [1.54, 1.807) is 45.6 Å². The van der Waals surface area contributed by atoms with Gasteiger partial charge in [-0.25, -0.2) is 4.98 Å². The van der Waals surface area contributed by atoms with Gasteiger partial charge in [-0.15, -0.1) is 23.1 Å². The molecular weight excluding hydrogens is 364 g/mol. The summed E-state index contributed by atoms with van der Waals surface area (Å²) in [5.41, 5.74) is 4.45. The Balaban J connectivity index is 1.57. The average molecular weight is 385 g/mol. The maximum absolute atomic E-state index is 12.6. The number of hydrogen-bond acceptors (Lipinski definition) is 5. The van der Waals surface area contributed by atoms with Gasteiger partial charge in [-0.2, -0.15) is 0 Å². The molecule has 26 heavy (non-hydrogen) atoms. The highest BCUT2D eigenvalue weighted by Crippen LogP contribution is 2.18. The Morgan fingerprint density at radius 1 is 1.15 bits per heavy atom. The summed E-state index contributed by atoms with van der Waals surface area (Å²) in [5, 5.41) is 1.96. The lowest BCUT2D eigenvalue weighted by Crippen LogP contribution is -2.26. The summed E-state index contributed by atoms with van der Waals surface area (Å²) in [4.78, 5) is 19.7. The van der Waals surface area contributed by atoms with Gasteiger partial charge >= 0.3 is 0 Å². The van der Waals surface area contributed by atoms with E-state index in [4.69, 9.17) is 4.74 Å². The van der Waals surface area contributed by atoms with Gasteiger partial charge in [0.1, 0.15) is 12.4 Å². The summed E-state index contributed by atoms with van der Waals surface area (Å²) in [6.45, 7) is 1.01. The maximum Gasteiger partial charge on any atom is 0.253 e. The molecule has 0 spiro atoms. The number of rotatable bonds is 7. The monoisotopic (exact) mass is 384 g/mol. The lowest BCUT2D eigenvalue weighted by molar-refractivity contribution is 0.0785. The van der Waals surface area contributed by atoms with Crippen LogP contribution in [0.15, 0.2) is 64.3 Å². The van der Waals surface area contributed by atoms with E-state index in [0.717, 1.165) is 17.0 Å². The first-order valence-corrected chi connectivity index (χ1v) is 10.3. The fraction of sp³-hybridized carbons (Fsp3) is 0.200. The summed E-state index contributed by atoms with van der Waals surface area (Å²) in [7, 11) is 1.82. The van der Waals surface area contributed by atoms with Crippen LogP contribution in [0.25, 0.3) is 0 Å². The minimum Gasteiger partial charge on any atom is -0.487 e. The molecule has 0 atom stereocenters. The van der Waals surface area contributed by atoms with Crippen molar-refractivity contribution in [2.24, 2.45) is 0 Å². The van der Waals surface area contributed by atoms with Crippen molar-refractivity contribution in [1.29, 1.82) is 0 Å². The predicted molar refractivity (Wildman–Crippen MR) is 107 cm³/mol. The minimum atomic E-state index is -0.00926. The molecule has 1 heterocycles. The molecule has 0 saturated carbocycles. The number of thiazole rings is 1. The van der Waals surface area contributed by atoms with Crippen molar-refractivity contribution in [2.45, 2.75) is 18.0 Å². The summed E-state index contributed by atoms with van der Waals surface area (Å²) in [5.74, 6) is 0.717. The Bertz CT molecular complexity index is 831. The van der Waals surface area contributed by atoms with Crippen LogP contribution in [0.3, 0.4) is 0 Å². The lowest BCUT2D eigenvalue weighted by atomic mass is 10.1. The van der Waals surface area contributed by atoms with Crippen LogP contribution in [-0.2, 0) is 13.2 Å². The summed E-state index contributed by atoms with van der Waals surface area (Å²) >= 11 is 3.25. The van der Waals surface area contributed by atoms with Crippen LogP contribution in [0, 0.1) is 0 Å². The van der Waals surface area contributed by atoms with E-state index >= 15 is 0 Å². The predicted octanol–water partition coefficient (Wildman–Crippen LogP) is 4.72. The molecule has 0 radical (unpaired) electrons. The van der Waals surface area contributed by atoms with Gasteiger partial charge in [-0.05, 0) is 48.2 Å². The van der Waals surface area contributed by atoms with Crippen molar-refractivity contribution in [3.05, 3.63) is 76.2 Å². The third kappa shape index (κ3) is 4.86. The van der Waals surface area contributed by atoms with E-state index < -0.39 is 0 Å². The molecule has 0 bridgehead atoms. The molecule has 134 valence electrons. The molecule has 3 rings (SSSR count). The van der Waals surface area contributed by atoms with E-state index in [0.29, 0.717) is 18.7 Å². The quantitative estimate of drug-likeness (QED) is 0.553. The van der Waals surface area contributed by atoms with Crippen LogP contribution in [0.2, 0.25) is 0 Å². The standard InChI is InChI=1S/C20H20N2O2S2/c1-22(11-15-3-9-19(25-2)10-4-15)20(23)16-5-7-18(8-6-16)24-12-17-13-26-14-21-17/h3-10,13-14H,11-12H2,1-2H3. The van der Waals surface area contributed by atoms with Crippen molar-refractivity contribution in [2.75, 3.05) is 13.3 Å². The van der Waals surface area contributed by atoms with Crippen molar-refractivity contribution in [1.82, 2.24) is 9.88 Å². The van der Waals surface area contributed by atoms with Crippen molar-refractivity contribution in [3.63, 3.8) is 0 Å². The van der Waals surface area contributed by atoms with E-state index in [9.17, 15) is 4.79 Å². The van der Waals surface area contributed by atoms with E-state index in [-0.39, 0.29) is 5.91 Å². The van der Waals surface area contributed by atoms with Gasteiger partial charge in [-0.1, -0.05) is 12.1 Å². The Morgan fingerprint density at radius 2 is 1.88 bits per heavy atom. The van der Waals surface area contributed by atoms with Gasteiger partial charge in [0.2, 0.25) is 0 Å². The molecule has 0 aliphatic rings. The number of hydrogen-bond donors (Lipinski definition) is 0. The highest BCUT2D eigenvalue weighted by atomic mass is 32.2. The first kappa shape index (κ1) is 18.5. The van der Waals surface area contributed by atoms with Crippen molar-refractivity contribution in [3.8, 4) is 5.75 Å². The third-order valence-electron chi connectivity index (χ3n) is 3.90. The second-order valence-corrected chi connectivity index (χ2v) is 7.40. The fourth-order valence-corrected chi connectivity index (χ4v) is 3.41. The minimum absolute atomic E-state index is 0.00926. The van der Waals surface area contributed by atoms with Crippen molar-refractivity contribution >= 4 is 29.0 Å². The van der Waals surface area contributed by atoms with Gasteiger partial charge in [0.15, 0.2) is 0 Å². The molecule has 3 aromatic rings. The number of ether oxygens (including phenoxy) is 1.